The Hall–Kier alpha value is -1.88. The van der Waals surface area contributed by atoms with Crippen LogP contribution in [0.15, 0.2) is 36.0 Å². The molecule has 0 spiro atoms. The normalized spacial score (nSPS) is 14.1. The molecule has 0 unspecified atom stereocenters. The highest BCUT2D eigenvalue weighted by Gasteiger charge is 2.34. The van der Waals surface area contributed by atoms with Crippen LogP contribution in [0.5, 0.6) is 0 Å². The minimum Gasteiger partial charge on any atom is -0.387 e. The molecule has 4 nitrogen and oxygen atoms in total. The summed E-state index contributed by atoms with van der Waals surface area (Å²) in [5, 5.41) is 5.11. The molecule has 20 heavy (non-hydrogen) atoms. The molecule has 0 aromatic carbocycles. The molecule has 1 saturated carbocycles. The highest BCUT2D eigenvalue weighted by atomic mass is 32.1. The maximum absolute atomic E-state index is 12.8. The number of carbonyl (C=O) groups excluding carboxylic acids is 1. The summed E-state index contributed by atoms with van der Waals surface area (Å²) in [6.45, 7) is 0.694. The van der Waals surface area contributed by atoms with Crippen molar-refractivity contribution in [1.29, 1.82) is 0 Å². The lowest BCUT2D eigenvalue weighted by atomic mass is 10.2. The van der Waals surface area contributed by atoms with Gasteiger partial charge in [-0.2, -0.15) is 0 Å². The number of amides is 1. The van der Waals surface area contributed by atoms with Crippen molar-refractivity contribution < 1.29 is 4.79 Å². The molecule has 1 fully saturated rings. The number of nitrogens with zero attached hydrogens (tertiary/aromatic N) is 2. The average Bonchev–Trinajstić information content (AvgIpc) is 3.20. The van der Waals surface area contributed by atoms with E-state index in [0.717, 1.165) is 18.5 Å². The molecule has 0 saturated heterocycles. The number of hydrogen-bond acceptors (Lipinski definition) is 4. The van der Waals surface area contributed by atoms with E-state index in [1.165, 1.54) is 4.88 Å². The number of rotatable bonds is 5. The molecule has 0 atom stereocenters. The number of anilines is 1. The second-order valence-electron chi connectivity index (χ2n) is 4.91. The summed E-state index contributed by atoms with van der Waals surface area (Å²) >= 11 is 1.69. The fraction of sp³-hybridized carbons (Fsp3) is 0.333. The molecule has 2 aromatic rings. The first kappa shape index (κ1) is 13.1. The first-order valence-corrected chi connectivity index (χ1v) is 7.62. The summed E-state index contributed by atoms with van der Waals surface area (Å²) in [5.74, 6) is 0.0679. The van der Waals surface area contributed by atoms with E-state index in [4.69, 9.17) is 0 Å². The van der Waals surface area contributed by atoms with E-state index in [-0.39, 0.29) is 5.91 Å². The Bertz CT molecular complexity index is 593. The molecule has 0 bridgehead atoms. The van der Waals surface area contributed by atoms with Gasteiger partial charge in [0.1, 0.15) is 0 Å². The third-order valence-electron chi connectivity index (χ3n) is 3.48. The van der Waals surface area contributed by atoms with Crippen molar-refractivity contribution in [1.82, 2.24) is 9.88 Å². The van der Waals surface area contributed by atoms with Crippen LogP contribution in [0.1, 0.15) is 28.1 Å². The zero-order valence-corrected chi connectivity index (χ0v) is 12.2. The molecule has 0 aliphatic heterocycles. The minimum atomic E-state index is 0.0679. The maximum Gasteiger partial charge on any atom is 0.258 e. The monoisotopic (exact) mass is 287 g/mol. The number of aromatic nitrogens is 1. The number of hydrogen-bond donors (Lipinski definition) is 1. The molecule has 0 radical (unpaired) electrons. The van der Waals surface area contributed by atoms with Crippen molar-refractivity contribution in [3.05, 3.63) is 46.4 Å². The summed E-state index contributed by atoms with van der Waals surface area (Å²) in [7, 11) is 1.83. The predicted molar refractivity (Wildman–Crippen MR) is 81.0 cm³/mol. The molecule has 2 aromatic heterocycles. The van der Waals surface area contributed by atoms with Crippen LogP contribution < -0.4 is 5.32 Å². The second kappa shape index (κ2) is 5.63. The first-order chi connectivity index (χ1) is 9.79. The molecule has 1 N–H and O–H groups in total. The fourth-order valence-electron chi connectivity index (χ4n) is 2.26. The highest BCUT2D eigenvalue weighted by molar-refractivity contribution is 7.09. The van der Waals surface area contributed by atoms with Gasteiger partial charge in [0.15, 0.2) is 0 Å². The first-order valence-electron chi connectivity index (χ1n) is 6.74. The summed E-state index contributed by atoms with van der Waals surface area (Å²) in [5.41, 5.74) is 1.49. The van der Waals surface area contributed by atoms with E-state index in [1.807, 2.05) is 29.5 Å². The van der Waals surface area contributed by atoms with Crippen LogP contribution in [0.25, 0.3) is 0 Å². The lowest BCUT2D eigenvalue weighted by Crippen LogP contribution is -2.32. The summed E-state index contributed by atoms with van der Waals surface area (Å²) in [4.78, 5) is 20.1. The minimum absolute atomic E-state index is 0.0679. The lowest BCUT2D eigenvalue weighted by molar-refractivity contribution is 0.0732. The van der Waals surface area contributed by atoms with Crippen LogP contribution in [-0.4, -0.2) is 28.9 Å². The molecule has 3 rings (SSSR count). The molecule has 1 amide bonds. The van der Waals surface area contributed by atoms with E-state index in [0.29, 0.717) is 18.2 Å². The van der Waals surface area contributed by atoms with Crippen molar-refractivity contribution in [2.24, 2.45) is 0 Å². The van der Waals surface area contributed by atoms with Gasteiger partial charge < -0.3 is 10.2 Å². The SMILES string of the molecule is CNc1ccncc1C(=O)N(Cc1cccs1)C1CC1. The van der Waals surface area contributed by atoms with Crippen molar-refractivity contribution in [2.45, 2.75) is 25.4 Å². The number of carbonyl (C=O) groups is 1. The fourth-order valence-corrected chi connectivity index (χ4v) is 2.96. The van der Waals surface area contributed by atoms with Crippen LogP contribution in [0.2, 0.25) is 0 Å². The van der Waals surface area contributed by atoms with Crippen LogP contribution >= 0.6 is 11.3 Å². The standard InChI is InChI=1S/C15H17N3OS/c1-16-14-6-7-17-9-13(14)15(19)18(11-4-5-11)10-12-3-2-8-20-12/h2-3,6-9,11H,4-5,10H2,1H3,(H,16,17). The Labute approximate surface area is 122 Å². The van der Waals surface area contributed by atoms with Gasteiger partial charge in [0, 0.05) is 36.0 Å². The van der Waals surface area contributed by atoms with Gasteiger partial charge in [0.2, 0.25) is 0 Å². The number of nitrogens with one attached hydrogen (secondary N) is 1. The Morgan fingerprint density at radius 2 is 2.35 bits per heavy atom. The molecular weight excluding hydrogens is 270 g/mol. The summed E-state index contributed by atoms with van der Waals surface area (Å²) < 4.78 is 0. The van der Waals surface area contributed by atoms with E-state index in [2.05, 4.69) is 16.4 Å². The largest absolute Gasteiger partial charge is 0.387 e. The van der Waals surface area contributed by atoms with E-state index in [1.54, 1.807) is 23.7 Å². The molecule has 104 valence electrons. The Morgan fingerprint density at radius 1 is 1.50 bits per heavy atom. The maximum atomic E-state index is 12.8. The van der Waals surface area contributed by atoms with Crippen LogP contribution in [0, 0.1) is 0 Å². The number of thiophene rings is 1. The van der Waals surface area contributed by atoms with Gasteiger partial charge in [0.05, 0.1) is 12.1 Å². The average molecular weight is 287 g/mol. The van der Waals surface area contributed by atoms with Gasteiger partial charge in [-0.3, -0.25) is 9.78 Å². The number of pyridine rings is 1. The predicted octanol–water partition coefficient (Wildman–Crippen LogP) is 2.99. The van der Waals surface area contributed by atoms with Crippen molar-refractivity contribution >= 4 is 22.9 Å². The third kappa shape index (κ3) is 2.67. The van der Waals surface area contributed by atoms with E-state index in [9.17, 15) is 4.79 Å². The molecular formula is C15H17N3OS. The topological polar surface area (TPSA) is 45.2 Å². The van der Waals surface area contributed by atoms with Gasteiger partial charge >= 0.3 is 0 Å². The smallest absolute Gasteiger partial charge is 0.258 e. The molecule has 5 heteroatoms. The van der Waals surface area contributed by atoms with Gasteiger partial charge in [-0.1, -0.05) is 6.07 Å². The van der Waals surface area contributed by atoms with Gasteiger partial charge in [-0.15, -0.1) is 11.3 Å². The van der Waals surface area contributed by atoms with E-state index >= 15 is 0 Å². The van der Waals surface area contributed by atoms with Gasteiger partial charge in [-0.25, -0.2) is 0 Å². The van der Waals surface area contributed by atoms with Crippen LogP contribution in [0.4, 0.5) is 5.69 Å². The van der Waals surface area contributed by atoms with Crippen LogP contribution in [-0.2, 0) is 6.54 Å². The Balaban J connectivity index is 1.85. The molecule has 1 aliphatic carbocycles. The zero-order chi connectivity index (χ0) is 13.9. The summed E-state index contributed by atoms with van der Waals surface area (Å²) in [6.07, 6.45) is 5.56. The molecule has 2 heterocycles. The van der Waals surface area contributed by atoms with Crippen molar-refractivity contribution in [2.75, 3.05) is 12.4 Å². The lowest BCUT2D eigenvalue weighted by Gasteiger charge is -2.22. The van der Waals surface area contributed by atoms with Gasteiger partial charge in [-0.05, 0) is 30.4 Å². The highest BCUT2D eigenvalue weighted by Crippen LogP contribution is 2.31. The zero-order valence-electron chi connectivity index (χ0n) is 11.4. The van der Waals surface area contributed by atoms with Crippen molar-refractivity contribution in [3.63, 3.8) is 0 Å². The Kier molecular flexibility index (Phi) is 3.69. The van der Waals surface area contributed by atoms with Crippen LogP contribution in [0.3, 0.4) is 0 Å². The summed E-state index contributed by atoms with van der Waals surface area (Å²) in [6, 6.07) is 6.33. The Morgan fingerprint density at radius 3 is 3.00 bits per heavy atom. The third-order valence-corrected chi connectivity index (χ3v) is 4.34. The quantitative estimate of drug-likeness (QED) is 0.919. The van der Waals surface area contributed by atoms with E-state index < -0.39 is 0 Å². The second-order valence-corrected chi connectivity index (χ2v) is 5.95. The van der Waals surface area contributed by atoms with Crippen molar-refractivity contribution in [3.8, 4) is 0 Å². The van der Waals surface area contributed by atoms with Gasteiger partial charge in [0.25, 0.3) is 5.91 Å². The molecule has 1 aliphatic rings.